The van der Waals surface area contributed by atoms with E-state index in [0.717, 1.165) is 19.4 Å². The monoisotopic (exact) mass is 475 g/mol. The van der Waals surface area contributed by atoms with E-state index >= 15 is 0 Å². The molecule has 0 unspecified atom stereocenters. The highest BCUT2D eigenvalue weighted by atomic mass is 32.2. The van der Waals surface area contributed by atoms with E-state index in [1.54, 1.807) is 12.1 Å². The lowest BCUT2D eigenvalue weighted by molar-refractivity contribution is -0.121. The molecule has 0 atom stereocenters. The number of carbonyl (C=O) groups excluding carboxylic acids is 3. The molecule has 11 nitrogen and oxygen atoms in total. The highest BCUT2D eigenvalue weighted by Gasteiger charge is 2.23. The standard InChI is InChI=1S/C21H25N5O6S/c1-14(22-30-6)18(19(27)24(2)3)23-32-21(29)26(5)33-25(4)20(28)31-17-13-9-11-15-10-7-8-12-16(15)17/h7-13,22H,1H2,2-6H3. The van der Waals surface area contributed by atoms with Crippen molar-refractivity contribution in [3.05, 3.63) is 54.7 Å². The SMILES string of the molecule is C=C(NOC)C(=NOC(=O)N(C)SN(C)C(=O)Oc1cccc2ccccc12)C(=O)N(C)C. The van der Waals surface area contributed by atoms with E-state index in [2.05, 4.69) is 17.2 Å². The molecule has 0 bridgehead atoms. The van der Waals surface area contributed by atoms with Crippen LogP contribution in [0.25, 0.3) is 10.8 Å². The smallest absolute Gasteiger partial charge is 0.409 e. The Kier molecular flexibility index (Phi) is 9.07. The number of amides is 3. The molecule has 0 aliphatic rings. The van der Waals surface area contributed by atoms with Crippen molar-refractivity contribution in [1.82, 2.24) is 19.0 Å². The number of hydrogen-bond donors (Lipinski definition) is 1. The zero-order valence-corrected chi connectivity index (χ0v) is 19.7. The lowest BCUT2D eigenvalue weighted by Crippen LogP contribution is -2.35. The second-order valence-corrected chi connectivity index (χ2v) is 7.96. The van der Waals surface area contributed by atoms with Gasteiger partial charge in [0.05, 0.1) is 24.9 Å². The summed E-state index contributed by atoms with van der Waals surface area (Å²) < 4.78 is 7.56. The molecule has 0 radical (unpaired) electrons. The van der Waals surface area contributed by atoms with Crippen LogP contribution in [0, 0.1) is 0 Å². The predicted octanol–water partition coefficient (Wildman–Crippen LogP) is 3.01. The molecule has 0 heterocycles. The van der Waals surface area contributed by atoms with Gasteiger partial charge in [-0.1, -0.05) is 48.1 Å². The third-order valence-electron chi connectivity index (χ3n) is 4.04. The first-order chi connectivity index (χ1) is 15.6. The van der Waals surface area contributed by atoms with Crippen molar-refractivity contribution in [3.8, 4) is 5.75 Å². The molecule has 0 aliphatic carbocycles. The number of ether oxygens (including phenoxy) is 1. The summed E-state index contributed by atoms with van der Waals surface area (Å²) in [4.78, 5) is 47.8. The minimum absolute atomic E-state index is 0.00455. The summed E-state index contributed by atoms with van der Waals surface area (Å²) in [6.45, 7) is 3.61. The highest BCUT2D eigenvalue weighted by molar-refractivity contribution is 7.95. The van der Waals surface area contributed by atoms with Crippen LogP contribution < -0.4 is 10.2 Å². The Bertz CT molecular complexity index is 1070. The fraction of sp³-hybridized carbons (Fsp3) is 0.238. The Balaban J connectivity index is 2.02. The quantitative estimate of drug-likeness (QED) is 0.268. The van der Waals surface area contributed by atoms with Crippen molar-refractivity contribution in [1.29, 1.82) is 0 Å². The normalized spacial score (nSPS) is 10.9. The zero-order chi connectivity index (χ0) is 24.5. The van der Waals surface area contributed by atoms with Gasteiger partial charge in [-0.3, -0.25) is 19.9 Å². The topological polar surface area (TPSA) is 113 Å². The van der Waals surface area contributed by atoms with Crippen LogP contribution in [0.5, 0.6) is 5.75 Å². The first-order valence-corrected chi connectivity index (χ1v) is 10.2. The maximum atomic E-state index is 12.5. The van der Waals surface area contributed by atoms with E-state index in [9.17, 15) is 14.4 Å². The summed E-state index contributed by atoms with van der Waals surface area (Å²) in [5, 5.41) is 5.28. The number of nitrogens with zero attached hydrogens (tertiary/aromatic N) is 4. The minimum atomic E-state index is -0.945. The molecule has 0 saturated heterocycles. The average molecular weight is 476 g/mol. The average Bonchev–Trinajstić information content (AvgIpc) is 2.79. The van der Waals surface area contributed by atoms with Gasteiger partial charge in [-0.15, -0.1) is 0 Å². The van der Waals surface area contributed by atoms with Crippen LogP contribution in [0.2, 0.25) is 0 Å². The molecular weight excluding hydrogens is 450 g/mol. The molecule has 0 fully saturated rings. The Morgan fingerprint density at radius 2 is 1.61 bits per heavy atom. The lowest BCUT2D eigenvalue weighted by Gasteiger charge is -2.21. The summed E-state index contributed by atoms with van der Waals surface area (Å²) in [6.07, 6.45) is -1.65. The Hall–Kier alpha value is -3.77. The zero-order valence-electron chi connectivity index (χ0n) is 18.9. The van der Waals surface area contributed by atoms with Crippen LogP contribution in [-0.2, 0) is 14.5 Å². The first kappa shape index (κ1) is 25.5. The van der Waals surface area contributed by atoms with Gasteiger partial charge in [0.1, 0.15) is 5.75 Å². The van der Waals surface area contributed by atoms with E-state index in [1.165, 1.54) is 40.2 Å². The molecule has 33 heavy (non-hydrogen) atoms. The van der Waals surface area contributed by atoms with Gasteiger partial charge in [0.2, 0.25) is 0 Å². The summed E-state index contributed by atoms with van der Waals surface area (Å²) in [6, 6.07) is 12.8. The van der Waals surface area contributed by atoms with Gasteiger partial charge in [-0.2, -0.15) is 0 Å². The second kappa shape index (κ2) is 11.7. The van der Waals surface area contributed by atoms with E-state index in [0.29, 0.717) is 17.9 Å². The van der Waals surface area contributed by atoms with Crippen LogP contribution >= 0.6 is 12.1 Å². The van der Waals surface area contributed by atoms with Crippen LogP contribution in [0.3, 0.4) is 0 Å². The van der Waals surface area contributed by atoms with Crippen LogP contribution in [0.15, 0.2) is 59.9 Å². The van der Waals surface area contributed by atoms with Gasteiger partial charge in [-0.05, 0) is 11.5 Å². The number of carbonyl (C=O) groups is 3. The van der Waals surface area contributed by atoms with Crippen molar-refractivity contribution in [3.63, 3.8) is 0 Å². The van der Waals surface area contributed by atoms with Gasteiger partial charge < -0.3 is 9.64 Å². The summed E-state index contributed by atoms with van der Waals surface area (Å²) >= 11 is 0.716. The Labute approximate surface area is 195 Å². The number of nitrogens with one attached hydrogen (secondary N) is 1. The van der Waals surface area contributed by atoms with Crippen LogP contribution in [0.4, 0.5) is 9.59 Å². The highest BCUT2D eigenvalue weighted by Crippen LogP contribution is 2.26. The minimum Gasteiger partial charge on any atom is -0.409 e. The summed E-state index contributed by atoms with van der Waals surface area (Å²) in [5.41, 5.74) is 2.09. The second-order valence-electron chi connectivity index (χ2n) is 6.70. The lowest BCUT2D eigenvalue weighted by atomic mass is 10.1. The fourth-order valence-corrected chi connectivity index (χ4v) is 3.01. The Morgan fingerprint density at radius 1 is 0.970 bits per heavy atom. The fourth-order valence-electron chi connectivity index (χ4n) is 2.44. The molecule has 0 saturated carbocycles. The maximum absolute atomic E-state index is 12.5. The largest absolute Gasteiger partial charge is 0.447 e. The van der Waals surface area contributed by atoms with E-state index in [4.69, 9.17) is 14.4 Å². The Morgan fingerprint density at radius 3 is 2.27 bits per heavy atom. The summed E-state index contributed by atoms with van der Waals surface area (Å²) in [5.74, 6) is -0.181. The third-order valence-corrected chi connectivity index (χ3v) is 4.83. The number of benzene rings is 2. The van der Waals surface area contributed by atoms with Gasteiger partial charge in [0.25, 0.3) is 5.91 Å². The van der Waals surface area contributed by atoms with Crippen LogP contribution in [0.1, 0.15) is 0 Å². The van der Waals surface area contributed by atoms with Gasteiger partial charge in [-0.25, -0.2) is 18.2 Å². The molecule has 176 valence electrons. The van der Waals surface area contributed by atoms with E-state index in [-0.39, 0.29) is 11.4 Å². The van der Waals surface area contributed by atoms with Gasteiger partial charge in [0, 0.05) is 33.6 Å². The summed E-state index contributed by atoms with van der Waals surface area (Å²) in [7, 11) is 7.11. The molecule has 0 aromatic heterocycles. The molecule has 0 aliphatic heterocycles. The maximum Gasteiger partial charge on any atom is 0.447 e. The van der Waals surface area contributed by atoms with Crippen LogP contribution in [-0.4, -0.2) is 72.6 Å². The molecule has 2 aromatic rings. The molecule has 3 amide bonds. The predicted molar refractivity (Wildman–Crippen MR) is 125 cm³/mol. The van der Waals surface area contributed by atoms with Gasteiger partial charge in [0.15, 0.2) is 5.71 Å². The number of hydroxylamine groups is 1. The number of hydrogen-bond acceptors (Lipinski definition) is 9. The molecule has 2 aromatic carbocycles. The third kappa shape index (κ3) is 6.85. The van der Waals surface area contributed by atoms with Crippen molar-refractivity contribution in [2.75, 3.05) is 35.3 Å². The number of fused-ring (bicyclic) bond motifs is 1. The number of rotatable bonds is 8. The molecule has 2 rings (SSSR count). The molecule has 1 N–H and O–H groups in total. The number of oxime groups is 1. The van der Waals surface area contributed by atoms with E-state index < -0.39 is 18.1 Å². The molecular formula is C21H25N5O6S. The van der Waals surface area contributed by atoms with Crippen molar-refractivity contribution < 1.29 is 28.8 Å². The van der Waals surface area contributed by atoms with Gasteiger partial charge >= 0.3 is 12.2 Å². The molecule has 0 spiro atoms. The molecule has 12 heteroatoms. The van der Waals surface area contributed by atoms with Crippen molar-refractivity contribution >= 4 is 46.7 Å². The van der Waals surface area contributed by atoms with Crippen molar-refractivity contribution in [2.24, 2.45) is 5.16 Å². The van der Waals surface area contributed by atoms with E-state index in [1.807, 2.05) is 30.3 Å². The van der Waals surface area contributed by atoms with Crippen molar-refractivity contribution in [2.45, 2.75) is 0 Å². The first-order valence-electron chi connectivity index (χ1n) is 9.49.